The van der Waals surface area contributed by atoms with Crippen molar-refractivity contribution in [1.29, 1.82) is 0 Å². The highest BCUT2D eigenvalue weighted by Crippen LogP contribution is 2.59. The van der Waals surface area contributed by atoms with Gasteiger partial charge in [-0.05, 0) is 59.4 Å². The van der Waals surface area contributed by atoms with E-state index in [1.165, 1.54) is 12.1 Å². The lowest BCUT2D eigenvalue weighted by Gasteiger charge is -2.41. The van der Waals surface area contributed by atoms with Crippen LogP contribution in [0.5, 0.6) is 0 Å². The van der Waals surface area contributed by atoms with Crippen LogP contribution in [0.2, 0.25) is 0 Å². The molecule has 9 nitrogen and oxygen atoms in total. The molecule has 0 spiro atoms. The average molecular weight is 634 g/mol. The van der Waals surface area contributed by atoms with Gasteiger partial charge in [0.15, 0.2) is 0 Å². The van der Waals surface area contributed by atoms with Crippen molar-refractivity contribution >= 4 is 46.7 Å². The maximum Gasteiger partial charge on any atom is 0.399 e. The maximum atomic E-state index is 14.3. The summed E-state index contributed by atoms with van der Waals surface area (Å²) in [7, 11) is -5.76. The first kappa shape index (κ1) is 31.3. The summed E-state index contributed by atoms with van der Waals surface area (Å²) in [6.07, 6.45) is 2.07. The van der Waals surface area contributed by atoms with Crippen molar-refractivity contribution in [2.24, 2.45) is 5.41 Å². The van der Waals surface area contributed by atoms with Crippen LogP contribution in [0.1, 0.15) is 66.4 Å². The zero-order valence-corrected chi connectivity index (χ0v) is 25.8. The lowest BCUT2D eigenvalue weighted by molar-refractivity contribution is -0.150. The predicted octanol–water partition coefficient (Wildman–Crippen LogP) is 5.20. The quantitative estimate of drug-likeness (QED) is 0.321. The zero-order chi connectivity index (χ0) is 31.3. The fourth-order valence-corrected chi connectivity index (χ4v) is 7.10. The number of carbonyl (C=O) groups excluding carboxylic acids is 3. The molecular weight excluding hydrogens is 599 g/mol. The van der Waals surface area contributed by atoms with Gasteiger partial charge in [-0.25, -0.2) is 0 Å². The molecule has 2 aromatic carbocycles. The fraction of sp³-hybridized carbons (Fsp3) is 0.433. The van der Waals surface area contributed by atoms with E-state index in [-0.39, 0.29) is 22.1 Å². The van der Waals surface area contributed by atoms with Crippen LogP contribution in [0.3, 0.4) is 0 Å². The normalized spacial score (nSPS) is 18.4. The van der Waals surface area contributed by atoms with Gasteiger partial charge >= 0.3 is 13.3 Å². The van der Waals surface area contributed by atoms with E-state index in [0.29, 0.717) is 30.8 Å². The highest BCUT2D eigenvalue weighted by atomic mass is 32.1. The molecule has 43 heavy (non-hydrogen) atoms. The molecule has 1 fully saturated rings. The molecule has 3 heterocycles. The summed E-state index contributed by atoms with van der Waals surface area (Å²) >= 11 is 1.01. The molecule has 3 aromatic rings. The number of hydrogen-bond acceptors (Lipinski definition) is 5. The Kier molecular flexibility index (Phi) is 8.28. The minimum absolute atomic E-state index is 0.115. The van der Waals surface area contributed by atoms with Crippen LogP contribution in [0.25, 0.3) is 10.1 Å². The number of halogens is 2. The summed E-state index contributed by atoms with van der Waals surface area (Å²) in [5, 5.41) is 3.04. The number of amides is 3. The van der Waals surface area contributed by atoms with Crippen LogP contribution in [-0.4, -0.2) is 55.9 Å². The predicted molar refractivity (Wildman–Crippen MR) is 159 cm³/mol. The van der Waals surface area contributed by atoms with Gasteiger partial charge in [0.05, 0.1) is 4.88 Å². The Morgan fingerprint density at radius 3 is 2.28 bits per heavy atom. The highest BCUT2D eigenvalue weighted by molar-refractivity contribution is 7.52. The van der Waals surface area contributed by atoms with Crippen LogP contribution in [-0.2, 0) is 32.9 Å². The third-order valence-electron chi connectivity index (χ3n) is 8.07. The second-order valence-electron chi connectivity index (χ2n) is 12.2. The smallest absolute Gasteiger partial charge is 0.339 e. The molecule has 2 aliphatic heterocycles. The number of nitrogens with one attached hydrogen (secondary N) is 1. The van der Waals surface area contributed by atoms with Gasteiger partial charge in [-0.2, -0.15) is 8.78 Å². The average Bonchev–Trinajstić information content (AvgIpc) is 3.58. The third-order valence-corrected chi connectivity index (χ3v) is 10.2. The summed E-state index contributed by atoms with van der Waals surface area (Å²) in [5.41, 5.74) is -3.79. The first-order valence-electron chi connectivity index (χ1n) is 14.0. The number of fused-ring (bicyclic) bond motifs is 2. The van der Waals surface area contributed by atoms with E-state index in [4.69, 9.17) is 9.79 Å². The largest absolute Gasteiger partial charge is 0.399 e. The topological polar surface area (TPSA) is 127 Å². The van der Waals surface area contributed by atoms with Gasteiger partial charge < -0.3 is 24.9 Å². The Bertz CT molecular complexity index is 1610. The number of thiophene rings is 1. The minimum atomic E-state index is -5.76. The lowest BCUT2D eigenvalue weighted by atomic mass is 9.84. The third kappa shape index (κ3) is 6.11. The van der Waals surface area contributed by atoms with Gasteiger partial charge in [-0.3, -0.25) is 18.9 Å². The molecule has 2 atom stereocenters. The standard InChI is InChI=1S/C30H34F2N3O6PS/c1-29(2,3)25(33-26(36)24-15-20-14-21(11-12-23(20)43-24)30(31,32)42(39,40)41)28(38)35-13-7-6-10-22(35)27(37)34-16-18-8-4-5-9-19(18)17-34/h4-5,8-9,11-12,14-15,22,25H,6-7,10,13,16-17H2,1-3H3,(H,33,36)(H2,39,40,41)/t22-,25?/m0/s1. The number of carbonyl (C=O) groups is 3. The van der Waals surface area contributed by atoms with Gasteiger partial charge in [0, 0.05) is 29.9 Å². The number of hydrogen-bond donors (Lipinski definition) is 3. The first-order valence-corrected chi connectivity index (χ1v) is 16.5. The van der Waals surface area contributed by atoms with E-state index in [2.05, 4.69) is 5.32 Å². The molecule has 2 aliphatic rings. The molecule has 0 radical (unpaired) electrons. The van der Waals surface area contributed by atoms with E-state index in [1.54, 1.807) is 9.80 Å². The summed E-state index contributed by atoms with van der Waals surface area (Å²) in [6, 6.07) is 10.8. The van der Waals surface area contributed by atoms with Crippen molar-refractivity contribution in [1.82, 2.24) is 15.1 Å². The van der Waals surface area contributed by atoms with Crippen LogP contribution in [0, 0.1) is 5.41 Å². The number of piperidine rings is 1. The molecular formula is C30H34F2N3O6PS. The second-order valence-corrected chi connectivity index (χ2v) is 15.0. The van der Waals surface area contributed by atoms with Gasteiger partial charge in [0.2, 0.25) is 11.8 Å². The Balaban J connectivity index is 1.36. The molecule has 1 aromatic heterocycles. The van der Waals surface area contributed by atoms with Crippen molar-refractivity contribution in [2.75, 3.05) is 6.54 Å². The molecule has 0 aliphatic carbocycles. The van der Waals surface area contributed by atoms with Crippen molar-refractivity contribution in [2.45, 2.75) is 70.9 Å². The van der Waals surface area contributed by atoms with Gasteiger partial charge in [0.25, 0.3) is 5.91 Å². The van der Waals surface area contributed by atoms with Crippen molar-refractivity contribution in [3.63, 3.8) is 0 Å². The molecule has 1 saturated heterocycles. The summed E-state index contributed by atoms with van der Waals surface area (Å²) in [6.45, 7) is 6.80. The summed E-state index contributed by atoms with van der Waals surface area (Å²) < 4.78 is 40.3. The van der Waals surface area contributed by atoms with Crippen molar-refractivity contribution in [3.05, 3.63) is 70.1 Å². The van der Waals surface area contributed by atoms with Crippen molar-refractivity contribution < 1.29 is 37.5 Å². The SMILES string of the molecule is CC(C)(C)C(NC(=O)c1cc2cc(C(F)(F)P(=O)(O)O)ccc2s1)C(=O)N1CCCC[C@H]1C(=O)N1Cc2ccccc2C1. The Hall–Kier alpha value is -3.18. The Morgan fingerprint density at radius 1 is 1.02 bits per heavy atom. The van der Waals surface area contributed by atoms with Crippen LogP contribution in [0.15, 0.2) is 48.5 Å². The molecule has 3 amide bonds. The first-order chi connectivity index (χ1) is 20.1. The molecule has 1 unspecified atom stereocenters. The fourth-order valence-electron chi connectivity index (χ4n) is 5.68. The van der Waals surface area contributed by atoms with Crippen LogP contribution < -0.4 is 5.32 Å². The molecule has 13 heteroatoms. The Labute approximate surface area is 252 Å². The number of alkyl halides is 2. The van der Waals surface area contributed by atoms with Crippen LogP contribution in [0.4, 0.5) is 8.78 Å². The van der Waals surface area contributed by atoms with E-state index in [1.807, 2.05) is 45.0 Å². The maximum absolute atomic E-state index is 14.3. The molecule has 3 N–H and O–H groups in total. The lowest BCUT2D eigenvalue weighted by Crippen LogP contribution is -2.60. The van der Waals surface area contributed by atoms with Gasteiger partial charge in [0.1, 0.15) is 12.1 Å². The number of nitrogens with zero attached hydrogens (tertiary/aromatic N) is 2. The van der Waals surface area contributed by atoms with Gasteiger partial charge in [-0.15, -0.1) is 11.3 Å². The summed E-state index contributed by atoms with van der Waals surface area (Å²) in [5.74, 6) is -1.07. The van der Waals surface area contributed by atoms with Gasteiger partial charge in [-0.1, -0.05) is 51.1 Å². The Morgan fingerprint density at radius 2 is 1.67 bits per heavy atom. The monoisotopic (exact) mass is 633 g/mol. The minimum Gasteiger partial charge on any atom is -0.339 e. The van der Waals surface area contributed by atoms with E-state index in [9.17, 15) is 27.7 Å². The number of rotatable bonds is 6. The van der Waals surface area contributed by atoms with Crippen molar-refractivity contribution in [3.8, 4) is 0 Å². The van der Waals surface area contributed by atoms with E-state index in [0.717, 1.165) is 47.4 Å². The molecule has 0 saturated carbocycles. The summed E-state index contributed by atoms with van der Waals surface area (Å²) in [4.78, 5) is 62.9. The zero-order valence-electron chi connectivity index (χ0n) is 24.0. The molecule has 230 valence electrons. The molecule has 5 rings (SSSR count). The van der Waals surface area contributed by atoms with E-state index >= 15 is 0 Å². The number of benzene rings is 2. The highest BCUT2D eigenvalue weighted by Gasteiger charge is 2.50. The second kappa shape index (κ2) is 11.4. The van der Waals surface area contributed by atoms with E-state index < -0.39 is 42.2 Å². The van der Waals surface area contributed by atoms with Crippen LogP contribution >= 0.6 is 18.9 Å². The molecule has 0 bridgehead atoms. The number of likely N-dealkylation sites (tertiary alicyclic amines) is 1.